The van der Waals surface area contributed by atoms with Gasteiger partial charge < -0.3 is 14.8 Å². The van der Waals surface area contributed by atoms with Gasteiger partial charge in [-0.1, -0.05) is 23.7 Å². The van der Waals surface area contributed by atoms with Gasteiger partial charge in [0.25, 0.3) is 11.8 Å². The van der Waals surface area contributed by atoms with Crippen LogP contribution in [0.3, 0.4) is 0 Å². The Morgan fingerprint density at radius 1 is 1.00 bits per heavy atom. The first-order valence-electron chi connectivity index (χ1n) is 10.2. The summed E-state index contributed by atoms with van der Waals surface area (Å²) in [4.78, 5) is 32.2. The fourth-order valence-corrected chi connectivity index (χ4v) is 3.90. The van der Waals surface area contributed by atoms with Gasteiger partial charge in [0.2, 0.25) is 0 Å². The number of pyridine rings is 1. The number of hydrogen-bond donors (Lipinski definition) is 1. The molecule has 8 heteroatoms. The molecule has 33 heavy (non-hydrogen) atoms. The van der Waals surface area contributed by atoms with Crippen LogP contribution in [0.1, 0.15) is 16.7 Å². The lowest BCUT2D eigenvalue weighted by Crippen LogP contribution is -2.32. The normalized spacial score (nSPS) is 13.5. The second-order valence-electron chi connectivity index (χ2n) is 7.46. The van der Waals surface area contributed by atoms with Crippen LogP contribution in [0.15, 0.2) is 66.6 Å². The average Bonchev–Trinajstić information content (AvgIpc) is 3.05. The number of aryl methyl sites for hydroxylation is 1. The molecule has 0 saturated heterocycles. The number of halogens is 1. The van der Waals surface area contributed by atoms with Crippen LogP contribution in [0.25, 0.3) is 5.57 Å². The maximum absolute atomic E-state index is 13.5. The number of amides is 2. The van der Waals surface area contributed by atoms with E-state index in [9.17, 15) is 9.59 Å². The highest BCUT2D eigenvalue weighted by Gasteiger charge is 2.39. The molecule has 0 bridgehead atoms. The molecule has 0 radical (unpaired) electrons. The molecule has 0 unspecified atom stereocenters. The van der Waals surface area contributed by atoms with Gasteiger partial charge in [-0.2, -0.15) is 0 Å². The molecule has 0 aliphatic carbocycles. The number of nitrogens with zero attached hydrogens (tertiary/aromatic N) is 2. The Morgan fingerprint density at radius 2 is 1.79 bits per heavy atom. The molecule has 2 amide bonds. The van der Waals surface area contributed by atoms with E-state index in [1.165, 1.54) is 19.1 Å². The Kier molecular flexibility index (Phi) is 6.33. The van der Waals surface area contributed by atoms with E-state index in [4.69, 9.17) is 21.1 Å². The van der Waals surface area contributed by atoms with E-state index >= 15 is 0 Å². The van der Waals surface area contributed by atoms with Crippen LogP contribution in [0.4, 0.5) is 5.69 Å². The van der Waals surface area contributed by atoms with Gasteiger partial charge in [0.05, 0.1) is 26.3 Å². The largest absolute Gasteiger partial charge is 0.493 e. The van der Waals surface area contributed by atoms with Gasteiger partial charge in [0.1, 0.15) is 5.70 Å². The number of anilines is 1. The van der Waals surface area contributed by atoms with E-state index in [0.29, 0.717) is 27.8 Å². The van der Waals surface area contributed by atoms with Crippen LogP contribution in [-0.4, -0.2) is 35.9 Å². The molecule has 0 spiro atoms. The van der Waals surface area contributed by atoms with Crippen LogP contribution in [0.2, 0.25) is 5.02 Å². The molecule has 0 atom stereocenters. The molecule has 7 nitrogen and oxygen atoms in total. The quantitative estimate of drug-likeness (QED) is 0.521. The molecule has 0 fully saturated rings. The standard InChI is InChI=1S/C25H22ClN3O4/c1-15-11-18(26)7-8-19(15)28-23-22(17-6-9-20(32-2)21(12-17)33-3)24(30)29(25(23)31)14-16-5-4-10-27-13-16/h4-13,28H,14H2,1-3H3. The lowest BCUT2D eigenvalue weighted by Gasteiger charge is -2.15. The Morgan fingerprint density at radius 3 is 2.45 bits per heavy atom. The van der Waals surface area contributed by atoms with E-state index in [-0.39, 0.29) is 17.8 Å². The lowest BCUT2D eigenvalue weighted by atomic mass is 10.0. The van der Waals surface area contributed by atoms with Crippen LogP contribution in [-0.2, 0) is 16.1 Å². The topological polar surface area (TPSA) is 80.8 Å². The van der Waals surface area contributed by atoms with Crippen LogP contribution in [0.5, 0.6) is 11.5 Å². The van der Waals surface area contributed by atoms with Crippen molar-refractivity contribution >= 4 is 34.7 Å². The Labute approximate surface area is 196 Å². The van der Waals surface area contributed by atoms with Crippen molar-refractivity contribution in [1.82, 2.24) is 9.88 Å². The van der Waals surface area contributed by atoms with Crippen molar-refractivity contribution in [2.75, 3.05) is 19.5 Å². The highest BCUT2D eigenvalue weighted by atomic mass is 35.5. The van der Waals surface area contributed by atoms with Crippen molar-refractivity contribution in [1.29, 1.82) is 0 Å². The monoisotopic (exact) mass is 463 g/mol. The van der Waals surface area contributed by atoms with Crippen LogP contribution < -0.4 is 14.8 Å². The van der Waals surface area contributed by atoms with E-state index in [2.05, 4.69) is 10.3 Å². The molecule has 1 aromatic heterocycles. The molecule has 168 valence electrons. The number of hydrogen-bond acceptors (Lipinski definition) is 6. The first-order valence-corrected chi connectivity index (χ1v) is 10.6. The third kappa shape index (κ3) is 4.40. The summed E-state index contributed by atoms with van der Waals surface area (Å²) in [5, 5.41) is 3.75. The third-order valence-corrected chi connectivity index (χ3v) is 5.59. The summed E-state index contributed by atoms with van der Waals surface area (Å²) >= 11 is 6.08. The number of carbonyl (C=O) groups is 2. The second kappa shape index (κ2) is 9.34. The van der Waals surface area contributed by atoms with E-state index in [1.54, 1.807) is 54.9 Å². The molecule has 3 aromatic rings. The number of ether oxygens (including phenoxy) is 2. The van der Waals surface area contributed by atoms with Gasteiger partial charge in [0, 0.05) is 23.1 Å². The number of imide groups is 1. The fraction of sp³-hybridized carbons (Fsp3) is 0.160. The highest BCUT2D eigenvalue weighted by molar-refractivity contribution is 6.36. The van der Waals surface area contributed by atoms with Crippen molar-refractivity contribution < 1.29 is 19.1 Å². The van der Waals surface area contributed by atoms with Gasteiger partial charge in [0.15, 0.2) is 11.5 Å². The third-order valence-electron chi connectivity index (χ3n) is 5.35. The Bertz CT molecular complexity index is 1260. The van der Waals surface area contributed by atoms with Crippen molar-refractivity contribution in [3.8, 4) is 11.5 Å². The van der Waals surface area contributed by atoms with Crippen molar-refractivity contribution in [2.45, 2.75) is 13.5 Å². The smallest absolute Gasteiger partial charge is 0.278 e. The number of carbonyl (C=O) groups excluding carboxylic acids is 2. The Hall–Kier alpha value is -3.84. The number of rotatable bonds is 7. The molecule has 2 heterocycles. The molecular formula is C25H22ClN3O4. The van der Waals surface area contributed by atoms with Crippen molar-refractivity contribution in [3.05, 3.63) is 88.3 Å². The van der Waals surface area contributed by atoms with Gasteiger partial charge in [-0.25, -0.2) is 0 Å². The SMILES string of the molecule is COc1ccc(C2=C(Nc3ccc(Cl)cc3C)C(=O)N(Cc3cccnc3)C2=O)cc1OC. The summed E-state index contributed by atoms with van der Waals surface area (Å²) in [6, 6.07) is 14.0. The highest BCUT2D eigenvalue weighted by Crippen LogP contribution is 2.36. The second-order valence-corrected chi connectivity index (χ2v) is 7.90. The molecule has 1 N–H and O–H groups in total. The summed E-state index contributed by atoms with van der Waals surface area (Å²) in [7, 11) is 3.05. The summed E-state index contributed by atoms with van der Waals surface area (Å²) in [5.41, 5.74) is 3.23. The lowest BCUT2D eigenvalue weighted by molar-refractivity contribution is -0.137. The first-order chi connectivity index (χ1) is 15.9. The molecule has 1 aliphatic heterocycles. The first kappa shape index (κ1) is 22.4. The number of benzene rings is 2. The molecule has 1 aliphatic rings. The van der Waals surface area contributed by atoms with Crippen molar-refractivity contribution in [3.63, 3.8) is 0 Å². The Balaban J connectivity index is 1.80. The van der Waals surface area contributed by atoms with Gasteiger partial charge >= 0.3 is 0 Å². The average molecular weight is 464 g/mol. The number of methoxy groups -OCH3 is 2. The summed E-state index contributed by atoms with van der Waals surface area (Å²) in [6.07, 6.45) is 3.27. The minimum atomic E-state index is -0.428. The predicted octanol–water partition coefficient (Wildman–Crippen LogP) is 4.45. The van der Waals surface area contributed by atoms with E-state index in [0.717, 1.165) is 11.1 Å². The van der Waals surface area contributed by atoms with Gasteiger partial charge in [-0.05, 0) is 60.0 Å². The summed E-state index contributed by atoms with van der Waals surface area (Å²) in [5.74, 6) is 0.137. The zero-order valence-electron chi connectivity index (χ0n) is 18.4. The summed E-state index contributed by atoms with van der Waals surface area (Å²) in [6.45, 7) is 1.98. The van der Waals surface area contributed by atoms with Crippen LogP contribution in [0, 0.1) is 6.92 Å². The molecular weight excluding hydrogens is 442 g/mol. The minimum Gasteiger partial charge on any atom is -0.493 e. The number of aromatic nitrogens is 1. The van der Waals surface area contributed by atoms with Crippen molar-refractivity contribution in [2.24, 2.45) is 0 Å². The zero-order chi connectivity index (χ0) is 23.5. The van der Waals surface area contributed by atoms with E-state index < -0.39 is 11.8 Å². The predicted molar refractivity (Wildman–Crippen MR) is 126 cm³/mol. The summed E-state index contributed by atoms with van der Waals surface area (Å²) < 4.78 is 10.7. The minimum absolute atomic E-state index is 0.104. The van der Waals surface area contributed by atoms with Crippen LogP contribution >= 0.6 is 11.6 Å². The molecule has 4 rings (SSSR count). The molecule has 2 aromatic carbocycles. The fourth-order valence-electron chi connectivity index (χ4n) is 3.67. The van der Waals surface area contributed by atoms with Gasteiger partial charge in [-0.15, -0.1) is 0 Å². The zero-order valence-corrected chi connectivity index (χ0v) is 19.1. The maximum atomic E-state index is 13.5. The maximum Gasteiger partial charge on any atom is 0.278 e. The van der Waals surface area contributed by atoms with E-state index in [1.807, 2.05) is 13.0 Å². The van der Waals surface area contributed by atoms with Gasteiger partial charge in [-0.3, -0.25) is 19.5 Å². The number of nitrogens with one attached hydrogen (secondary N) is 1. The molecule has 0 saturated carbocycles.